The molecule has 1 heterocycles. The Balaban J connectivity index is 2.32. The van der Waals surface area contributed by atoms with Gasteiger partial charge in [-0.2, -0.15) is 0 Å². The lowest BCUT2D eigenvalue weighted by Crippen LogP contribution is -2.10. The highest BCUT2D eigenvalue weighted by molar-refractivity contribution is 14.1. The first-order chi connectivity index (χ1) is 8.08. The monoisotopic (exact) mass is 342 g/mol. The summed E-state index contributed by atoms with van der Waals surface area (Å²) in [6.45, 7) is 2.34. The average Bonchev–Trinajstić information content (AvgIpc) is 2.64. The Morgan fingerprint density at radius 1 is 1.41 bits per heavy atom. The molecule has 2 rings (SSSR count). The Hall–Kier alpha value is -1.37. The van der Waals surface area contributed by atoms with E-state index in [0.29, 0.717) is 12.4 Å². The number of aromatic carboxylic acids is 1. The van der Waals surface area contributed by atoms with E-state index >= 15 is 0 Å². The van der Waals surface area contributed by atoms with E-state index in [-0.39, 0.29) is 5.69 Å². The van der Waals surface area contributed by atoms with Gasteiger partial charge in [0.25, 0.3) is 0 Å². The van der Waals surface area contributed by atoms with Crippen molar-refractivity contribution in [1.29, 1.82) is 0 Å². The number of carbonyl (C=O) groups is 1. The van der Waals surface area contributed by atoms with Gasteiger partial charge in [-0.15, -0.1) is 0 Å². The van der Waals surface area contributed by atoms with Gasteiger partial charge in [-0.25, -0.2) is 9.78 Å². The van der Waals surface area contributed by atoms with Gasteiger partial charge in [0.15, 0.2) is 0 Å². The van der Waals surface area contributed by atoms with E-state index in [4.69, 9.17) is 5.11 Å². The number of hydrogen-bond donors (Lipinski definition) is 1. The number of carboxylic acids is 1. The third kappa shape index (κ3) is 2.66. The molecule has 1 aromatic heterocycles. The lowest BCUT2D eigenvalue weighted by atomic mass is 10.2. The van der Waals surface area contributed by atoms with Crippen LogP contribution in [0.15, 0.2) is 30.5 Å². The largest absolute Gasteiger partial charge is 0.477 e. The van der Waals surface area contributed by atoms with Crippen LogP contribution in [-0.4, -0.2) is 20.6 Å². The van der Waals surface area contributed by atoms with Crippen LogP contribution in [0.2, 0.25) is 0 Å². The molecule has 0 aliphatic rings. The summed E-state index contributed by atoms with van der Waals surface area (Å²) in [5.41, 5.74) is 1.29. The van der Waals surface area contributed by atoms with Crippen LogP contribution in [0.25, 0.3) is 0 Å². The molecule has 0 radical (unpaired) electrons. The summed E-state index contributed by atoms with van der Waals surface area (Å²) in [7, 11) is 0. The van der Waals surface area contributed by atoms with Crippen molar-refractivity contribution in [3.8, 4) is 0 Å². The minimum Gasteiger partial charge on any atom is -0.477 e. The Bertz CT molecular complexity index is 546. The standard InChI is InChI=1S/C12H11IN2O2/c1-8-14-6-11(12(16)17)15(8)7-9-2-4-10(13)5-3-9/h2-6H,7H2,1H3,(H,16,17). The molecule has 0 atom stereocenters. The van der Waals surface area contributed by atoms with E-state index in [9.17, 15) is 4.79 Å². The number of aryl methyl sites for hydroxylation is 1. The third-order valence-corrected chi connectivity index (χ3v) is 3.25. The Labute approximate surface area is 112 Å². The summed E-state index contributed by atoms with van der Waals surface area (Å²) < 4.78 is 2.86. The molecule has 5 heteroatoms. The fraction of sp³-hybridized carbons (Fsp3) is 0.167. The number of imidazole rings is 1. The van der Waals surface area contributed by atoms with Crippen LogP contribution < -0.4 is 0 Å². The van der Waals surface area contributed by atoms with Crippen molar-refractivity contribution in [3.05, 3.63) is 51.1 Å². The van der Waals surface area contributed by atoms with Gasteiger partial charge >= 0.3 is 5.97 Å². The van der Waals surface area contributed by atoms with E-state index in [1.54, 1.807) is 11.5 Å². The maximum absolute atomic E-state index is 11.0. The van der Waals surface area contributed by atoms with Crippen molar-refractivity contribution in [1.82, 2.24) is 9.55 Å². The molecule has 0 saturated heterocycles. The van der Waals surface area contributed by atoms with Gasteiger partial charge < -0.3 is 9.67 Å². The highest BCUT2D eigenvalue weighted by Crippen LogP contribution is 2.12. The molecule has 88 valence electrons. The molecular formula is C12H11IN2O2. The van der Waals surface area contributed by atoms with Crippen LogP contribution in [0.1, 0.15) is 21.9 Å². The normalized spacial score (nSPS) is 10.5. The lowest BCUT2D eigenvalue weighted by molar-refractivity contribution is 0.0685. The van der Waals surface area contributed by atoms with Crippen molar-refractivity contribution < 1.29 is 9.90 Å². The van der Waals surface area contributed by atoms with Crippen molar-refractivity contribution in [2.24, 2.45) is 0 Å². The zero-order valence-corrected chi connectivity index (χ0v) is 11.4. The van der Waals surface area contributed by atoms with Crippen molar-refractivity contribution in [2.75, 3.05) is 0 Å². The van der Waals surface area contributed by atoms with E-state index in [1.165, 1.54) is 6.20 Å². The zero-order chi connectivity index (χ0) is 12.4. The number of hydrogen-bond acceptors (Lipinski definition) is 2. The Morgan fingerprint density at radius 3 is 2.65 bits per heavy atom. The summed E-state index contributed by atoms with van der Waals surface area (Å²) in [5, 5.41) is 9.04. The second-order valence-corrected chi connectivity index (χ2v) is 4.95. The first kappa shape index (κ1) is 12.1. The van der Waals surface area contributed by atoms with Crippen molar-refractivity contribution >= 4 is 28.6 Å². The second-order valence-electron chi connectivity index (χ2n) is 3.71. The first-order valence-electron chi connectivity index (χ1n) is 5.08. The Kier molecular flexibility index (Phi) is 3.46. The van der Waals surface area contributed by atoms with E-state index in [0.717, 1.165) is 9.13 Å². The van der Waals surface area contributed by atoms with Crippen LogP contribution in [-0.2, 0) is 6.54 Å². The summed E-state index contributed by atoms with van der Waals surface area (Å²) in [5.74, 6) is -0.239. The fourth-order valence-electron chi connectivity index (χ4n) is 1.61. The first-order valence-corrected chi connectivity index (χ1v) is 6.15. The highest BCUT2D eigenvalue weighted by atomic mass is 127. The van der Waals surface area contributed by atoms with Gasteiger partial charge in [0.05, 0.1) is 6.20 Å². The highest BCUT2D eigenvalue weighted by Gasteiger charge is 2.13. The molecule has 1 N–H and O–H groups in total. The molecule has 2 aromatic rings. The number of carboxylic acid groups (broad SMARTS) is 1. The summed E-state index contributed by atoms with van der Waals surface area (Å²) in [4.78, 5) is 15.0. The molecule has 0 bridgehead atoms. The quantitative estimate of drug-likeness (QED) is 0.873. The maximum Gasteiger partial charge on any atom is 0.354 e. The van der Waals surface area contributed by atoms with Gasteiger partial charge in [-0.3, -0.25) is 0 Å². The van der Waals surface area contributed by atoms with Crippen molar-refractivity contribution in [2.45, 2.75) is 13.5 Å². The third-order valence-electron chi connectivity index (χ3n) is 2.53. The van der Waals surface area contributed by atoms with E-state index in [1.807, 2.05) is 24.3 Å². The number of aromatic nitrogens is 2. The van der Waals surface area contributed by atoms with Gasteiger partial charge in [0.1, 0.15) is 11.5 Å². The summed E-state index contributed by atoms with van der Waals surface area (Å²) >= 11 is 2.24. The molecule has 0 amide bonds. The lowest BCUT2D eigenvalue weighted by Gasteiger charge is -2.08. The van der Waals surface area contributed by atoms with Crippen LogP contribution in [0.4, 0.5) is 0 Å². The van der Waals surface area contributed by atoms with Crippen LogP contribution in [0, 0.1) is 10.5 Å². The van der Waals surface area contributed by atoms with Crippen molar-refractivity contribution in [3.63, 3.8) is 0 Å². The van der Waals surface area contributed by atoms with Crippen LogP contribution in [0.3, 0.4) is 0 Å². The minimum atomic E-state index is -0.948. The van der Waals surface area contributed by atoms with E-state index < -0.39 is 5.97 Å². The van der Waals surface area contributed by atoms with Gasteiger partial charge in [-0.1, -0.05) is 12.1 Å². The minimum absolute atomic E-state index is 0.223. The Morgan fingerprint density at radius 2 is 2.06 bits per heavy atom. The number of nitrogens with zero attached hydrogens (tertiary/aromatic N) is 2. The smallest absolute Gasteiger partial charge is 0.354 e. The number of halogens is 1. The maximum atomic E-state index is 11.0. The topological polar surface area (TPSA) is 55.1 Å². The molecule has 0 aliphatic heterocycles. The SMILES string of the molecule is Cc1ncc(C(=O)O)n1Cc1ccc(I)cc1. The van der Waals surface area contributed by atoms with Crippen LogP contribution >= 0.6 is 22.6 Å². The van der Waals surface area contributed by atoms with Gasteiger partial charge in [0.2, 0.25) is 0 Å². The van der Waals surface area contributed by atoms with Gasteiger partial charge in [0, 0.05) is 10.1 Å². The molecule has 0 unspecified atom stereocenters. The zero-order valence-electron chi connectivity index (χ0n) is 9.22. The predicted molar refractivity (Wildman–Crippen MR) is 72.2 cm³/mol. The fourth-order valence-corrected chi connectivity index (χ4v) is 1.97. The molecule has 0 aliphatic carbocycles. The van der Waals surface area contributed by atoms with Gasteiger partial charge in [-0.05, 0) is 47.2 Å². The molecular weight excluding hydrogens is 331 g/mol. The summed E-state index contributed by atoms with van der Waals surface area (Å²) in [6, 6.07) is 7.99. The average molecular weight is 342 g/mol. The molecule has 0 fully saturated rings. The molecule has 0 spiro atoms. The molecule has 0 saturated carbocycles. The number of benzene rings is 1. The number of rotatable bonds is 3. The second kappa shape index (κ2) is 4.87. The predicted octanol–water partition coefficient (Wildman–Crippen LogP) is 2.54. The van der Waals surface area contributed by atoms with E-state index in [2.05, 4.69) is 27.6 Å². The molecule has 17 heavy (non-hydrogen) atoms. The van der Waals surface area contributed by atoms with Crippen LogP contribution in [0.5, 0.6) is 0 Å². The molecule has 1 aromatic carbocycles. The summed E-state index contributed by atoms with van der Waals surface area (Å²) in [6.07, 6.45) is 1.39. The molecule has 4 nitrogen and oxygen atoms in total.